The number of fused-ring (bicyclic) bond motifs is 1. The molecule has 0 spiro atoms. The average molecular weight is 492 g/mol. The second kappa shape index (κ2) is 9.76. The number of rotatable bonds is 7. The van der Waals surface area contributed by atoms with Gasteiger partial charge < -0.3 is 18.9 Å². The average Bonchev–Trinajstić information content (AvgIpc) is 3.51. The third kappa shape index (κ3) is 4.51. The van der Waals surface area contributed by atoms with Crippen molar-refractivity contribution in [2.45, 2.75) is 19.4 Å². The van der Waals surface area contributed by atoms with Crippen LogP contribution in [0.4, 0.5) is 10.1 Å². The molecule has 0 aliphatic carbocycles. The van der Waals surface area contributed by atoms with Crippen LogP contribution in [0.2, 0.25) is 0 Å². The third-order valence-electron chi connectivity index (χ3n) is 6.15. The van der Waals surface area contributed by atoms with E-state index in [0.717, 1.165) is 12.0 Å². The second-order valence-corrected chi connectivity index (χ2v) is 8.47. The van der Waals surface area contributed by atoms with Gasteiger partial charge in [0.15, 0.2) is 17.2 Å². The number of amides is 1. The molecule has 1 aliphatic heterocycles. The molecule has 4 heterocycles. The van der Waals surface area contributed by atoms with Crippen LogP contribution in [0.1, 0.15) is 12.8 Å². The first-order valence-electron chi connectivity index (χ1n) is 11.6. The Balaban J connectivity index is 1.68. The second-order valence-electron chi connectivity index (χ2n) is 8.47. The number of aromatic nitrogens is 5. The number of ether oxygens (including phenoxy) is 2. The predicted molar refractivity (Wildman–Crippen MR) is 130 cm³/mol. The fourth-order valence-electron chi connectivity index (χ4n) is 4.26. The maximum absolute atomic E-state index is 15.1. The molecule has 1 saturated heterocycles. The largest absolute Gasteiger partial charge is 0.497 e. The number of pyridine rings is 1. The maximum atomic E-state index is 15.1. The molecular formula is C25H26FN7O3. The van der Waals surface area contributed by atoms with E-state index in [9.17, 15) is 4.79 Å². The summed E-state index contributed by atoms with van der Waals surface area (Å²) in [5, 5.41) is 4.22. The molecule has 1 fully saturated rings. The molecule has 0 N–H and O–H groups in total. The number of aryl methyl sites for hydroxylation is 1. The Bertz CT molecular complexity index is 1510. The van der Waals surface area contributed by atoms with Crippen molar-refractivity contribution in [3.8, 4) is 22.8 Å². The summed E-state index contributed by atoms with van der Waals surface area (Å²) in [4.78, 5) is 28.1. The lowest BCUT2D eigenvalue weighted by atomic mass is 10.2. The van der Waals surface area contributed by atoms with Gasteiger partial charge in [0.1, 0.15) is 22.4 Å². The Morgan fingerprint density at radius 1 is 1.14 bits per heavy atom. The lowest BCUT2D eigenvalue weighted by Crippen LogP contribution is -2.32. The van der Waals surface area contributed by atoms with Gasteiger partial charge in [0.05, 0.1) is 32.3 Å². The number of methoxy groups -OCH3 is 2. The summed E-state index contributed by atoms with van der Waals surface area (Å²) in [6.45, 7) is 1.61. The summed E-state index contributed by atoms with van der Waals surface area (Å²) in [6.07, 6.45) is 6.66. The number of likely N-dealkylation sites (tertiary alicyclic amines) is 1. The van der Waals surface area contributed by atoms with Crippen LogP contribution in [0.3, 0.4) is 0 Å². The van der Waals surface area contributed by atoms with E-state index in [2.05, 4.69) is 15.1 Å². The summed E-state index contributed by atoms with van der Waals surface area (Å²) >= 11 is 0. The number of halogens is 1. The van der Waals surface area contributed by atoms with Crippen molar-refractivity contribution in [3.63, 3.8) is 0 Å². The predicted octanol–water partition coefficient (Wildman–Crippen LogP) is 2.84. The number of carbonyl (C=O) groups excluding carboxylic acids is 1. The van der Waals surface area contributed by atoms with Crippen LogP contribution in [0, 0.1) is 5.82 Å². The summed E-state index contributed by atoms with van der Waals surface area (Å²) in [7, 11) is 4.72. The number of nitrogens with zero attached hydrogens (tertiary/aromatic N) is 7. The topological polar surface area (TPSA) is 99.7 Å². The highest BCUT2D eigenvalue weighted by atomic mass is 19.1. The van der Waals surface area contributed by atoms with Crippen molar-refractivity contribution in [1.82, 2.24) is 29.2 Å². The van der Waals surface area contributed by atoms with E-state index in [1.165, 1.54) is 26.4 Å². The van der Waals surface area contributed by atoms with E-state index in [1.807, 2.05) is 22.7 Å². The Kier molecular flexibility index (Phi) is 6.36. The standard InChI is InChI=1S/C25H26FN7O3/c1-31-15-16(13-28-31)20-14-27-18-6-7-22(29-19-11-17(35-2)12-21(36-3)24(19)26)33(25(18)30-20)10-9-32-8-4-5-23(32)34/h6-7,11-15H,4-5,8-10H2,1-3H3/b29-22+. The van der Waals surface area contributed by atoms with Gasteiger partial charge in [0.25, 0.3) is 0 Å². The fraction of sp³-hybridized carbons (Fsp3) is 0.320. The van der Waals surface area contributed by atoms with Crippen molar-refractivity contribution in [3.05, 3.63) is 54.2 Å². The minimum Gasteiger partial charge on any atom is -0.497 e. The molecule has 5 rings (SSSR count). The Hall–Kier alpha value is -4.28. The molecule has 0 saturated carbocycles. The smallest absolute Gasteiger partial charge is 0.222 e. The van der Waals surface area contributed by atoms with Gasteiger partial charge >= 0.3 is 0 Å². The first kappa shape index (κ1) is 23.5. The van der Waals surface area contributed by atoms with Gasteiger partial charge in [-0.25, -0.2) is 14.4 Å². The van der Waals surface area contributed by atoms with E-state index >= 15 is 4.39 Å². The van der Waals surface area contributed by atoms with E-state index in [0.29, 0.717) is 54.2 Å². The van der Waals surface area contributed by atoms with Crippen molar-refractivity contribution in [2.75, 3.05) is 27.3 Å². The number of hydrogen-bond acceptors (Lipinski definition) is 7. The molecule has 36 heavy (non-hydrogen) atoms. The van der Waals surface area contributed by atoms with Crippen molar-refractivity contribution < 1.29 is 18.7 Å². The van der Waals surface area contributed by atoms with E-state index in [-0.39, 0.29) is 17.3 Å². The van der Waals surface area contributed by atoms with Crippen LogP contribution in [0.5, 0.6) is 11.5 Å². The van der Waals surface area contributed by atoms with Crippen LogP contribution in [0.25, 0.3) is 22.4 Å². The third-order valence-corrected chi connectivity index (χ3v) is 6.15. The molecule has 0 radical (unpaired) electrons. The molecule has 0 atom stereocenters. The van der Waals surface area contributed by atoms with Gasteiger partial charge in [0, 0.05) is 57.0 Å². The van der Waals surface area contributed by atoms with E-state index < -0.39 is 5.82 Å². The summed E-state index contributed by atoms with van der Waals surface area (Å²) in [5.41, 5.74) is 3.21. The van der Waals surface area contributed by atoms with Gasteiger partial charge in [0.2, 0.25) is 5.91 Å². The van der Waals surface area contributed by atoms with Gasteiger partial charge in [-0.15, -0.1) is 0 Å². The molecule has 1 aromatic carbocycles. The first-order chi connectivity index (χ1) is 17.5. The minimum absolute atomic E-state index is 0.0294. The SMILES string of the molecule is COc1cc(/N=c2\ccc3ncc(-c4cnn(C)c4)nc3n2CCN2CCCC2=O)c(F)c(OC)c1. The molecule has 0 unspecified atom stereocenters. The molecular weight excluding hydrogens is 465 g/mol. The number of hydrogen-bond donors (Lipinski definition) is 0. The van der Waals surface area contributed by atoms with E-state index in [1.54, 1.807) is 29.2 Å². The minimum atomic E-state index is -0.602. The Morgan fingerprint density at radius 3 is 2.69 bits per heavy atom. The van der Waals surface area contributed by atoms with Crippen molar-refractivity contribution in [1.29, 1.82) is 0 Å². The van der Waals surface area contributed by atoms with Crippen LogP contribution in [-0.4, -0.2) is 62.4 Å². The molecule has 10 nitrogen and oxygen atoms in total. The Labute approximate surface area is 206 Å². The molecule has 4 aromatic rings. The van der Waals surface area contributed by atoms with Gasteiger partial charge in [-0.1, -0.05) is 0 Å². The molecule has 1 amide bonds. The van der Waals surface area contributed by atoms with Gasteiger partial charge in [-0.05, 0) is 18.6 Å². The number of carbonyl (C=O) groups is 1. The quantitative estimate of drug-likeness (QED) is 0.394. The molecule has 1 aliphatic rings. The highest BCUT2D eigenvalue weighted by molar-refractivity contribution is 5.78. The molecule has 0 bridgehead atoms. The Morgan fingerprint density at radius 2 is 2.00 bits per heavy atom. The zero-order valence-corrected chi connectivity index (χ0v) is 20.3. The molecule has 186 valence electrons. The summed E-state index contributed by atoms with van der Waals surface area (Å²) in [5.74, 6) is -0.0303. The molecule has 11 heteroatoms. The summed E-state index contributed by atoms with van der Waals surface area (Å²) in [6, 6.07) is 6.53. The lowest BCUT2D eigenvalue weighted by molar-refractivity contribution is -0.127. The highest BCUT2D eigenvalue weighted by Gasteiger charge is 2.20. The number of benzene rings is 1. The van der Waals surface area contributed by atoms with Crippen molar-refractivity contribution >= 4 is 22.8 Å². The maximum Gasteiger partial charge on any atom is 0.222 e. The lowest BCUT2D eigenvalue weighted by Gasteiger charge is -2.18. The van der Waals surface area contributed by atoms with Crippen LogP contribution in [0.15, 0.2) is 47.8 Å². The van der Waals surface area contributed by atoms with Gasteiger partial charge in [-0.2, -0.15) is 5.10 Å². The monoisotopic (exact) mass is 491 g/mol. The molecule has 3 aromatic heterocycles. The fourth-order valence-corrected chi connectivity index (χ4v) is 4.26. The van der Waals surface area contributed by atoms with Crippen LogP contribution >= 0.6 is 0 Å². The van der Waals surface area contributed by atoms with Gasteiger partial charge in [-0.3, -0.25) is 14.5 Å². The summed E-state index contributed by atoms with van der Waals surface area (Å²) < 4.78 is 29.1. The zero-order valence-electron chi connectivity index (χ0n) is 20.3. The van der Waals surface area contributed by atoms with E-state index in [4.69, 9.17) is 14.5 Å². The highest BCUT2D eigenvalue weighted by Crippen LogP contribution is 2.32. The zero-order chi connectivity index (χ0) is 25.2. The van der Waals surface area contributed by atoms with Crippen molar-refractivity contribution in [2.24, 2.45) is 12.0 Å². The van der Waals surface area contributed by atoms with Crippen LogP contribution in [-0.2, 0) is 18.4 Å². The first-order valence-corrected chi connectivity index (χ1v) is 11.6. The normalized spacial score (nSPS) is 14.2. The van der Waals surface area contributed by atoms with Crippen LogP contribution < -0.4 is 15.0 Å².